The number of nitrogens with one attached hydrogen (secondary N) is 1. The topological polar surface area (TPSA) is 79.6 Å². The SMILES string of the molecule is CCC(C)c1ccc(N2C(=O)NC(=O)C(=Cc3ccc(Sc4ccc(Cl)cc4)o3)C2=O)cc1. The van der Waals surface area contributed by atoms with Crippen LogP contribution in [-0.2, 0) is 9.59 Å². The zero-order valence-electron chi connectivity index (χ0n) is 18.0. The molecule has 0 spiro atoms. The quantitative estimate of drug-likeness (QED) is 0.332. The first-order valence-electron chi connectivity index (χ1n) is 10.4. The van der Waals surface area contributed by atoms with Gasteiger partial charge in [0.25, 0.3) is 11.8 Å². The summed E-state index contributed by atoms with van der Waals surface area (Å²) in [5, 5.41) is 3.45. The second-order valence-corrected chi connectivity index (χ2v) is 9.09. The van der Waals surface area contributed by atoms with Gasteiger partial charge in [-0.05, 0) is 72.5 Å². The standard InChI is InChI=1S/C25H21ClN2O4S/c1-3-15(2)16-4-8-18(9-5-16)28-24(30)21(23(29)27-25(28)31)14-19-10-13-22(32-19)33-20-11-6-17(26)7-12-20/h4-15H,3H2,1-2H3,(H,27,29,31). The second kappa shape index (κ2) is 9.68. The summed E-state index contributed by atoms with van der Waals surface area (Å²) >= 11 is 7.29. The van der Waals surface area contributed by atoms with Crippen molar-refractivity contribution >= 4 is 53.0 Å². The lowest BCUT2D eigenvalue weighted by atomic mass is 9.98. The molecule has 0 radical (unpaired) electrons. The van der Waals surface area contributed by atoms with Gasteiger partial charge in [-0.3, -0.25) is 14.9 Å². The van der Waals surface area contributed by atoms with Crippen LogP contribution in [0.5, 0.6) is 0 Å². The van der Waals surface area contributed by atoms with E-state index in [9.17, 15) is 14.4 Å². The lowest BCUT2D eigenvalue weighted by molar-refractivity contribution is -0.122. The molecule has 0 bridgehead atoms. The third-order valence-corrected chi connectivity index (χ3v) is 6.54. The van der Waals surface area contributed by atoms with Crippen molar-refractivity contribution in [3.63, 3.8) is 0 Å². The molecule has 0 aliphatic carbocycles. The first kappa shape index (κ1) is 22.9. The summed E-state index contributed by atoms with van der Waals surface area (Å²) in [5.41, 5.74) is 1.32. The number of barbiturate groups is 1. The lowest BCUT2D eigenvalue weighted by Gasteiger charge is -2.26. The smallest absolute Gasteiger partial charge is 0.335 e. The van der Waals surface area contributed by atoms with E-state index in [1.165, 1.54) is 17.8 Å². The van der Waals surface area contributed by atoms with Gasteiger partial charge in [-0.25, -0.2) is 9.69 Å². The number of nitrogens with zero attached hydrogens (tertiary/aromatic N) is 1. The van der Waals surface area contributed by atoms with E-state index >= 15 is 0 Å². The fourth-order valence-corrected chi connectivity index (χ4v) is 4.21. The number of urea groups is 1. The van der Waals surface area contributed by atoms with Crippen molar-refractivity contribution in [1.82, 2.24) is 5.32 Å². The highest BCUT2D eigenvalue weighted by atomic mass is 35.5. The van der Waals surface area contributed by atoms with Gasteiger partial charge in [0.15, 0.2) is 5.09 Å². The molecule has 1 aliphatic rings. The Morgan fingerprint density at radius 2 is 1.73 bits per heavy atom. The van der Waals surface area contributed by atoms with E-state index in [0.29, 0.717) is 27.5 Å². The number of hydrogen-bond acceptors (Lipinski definition) is 5. The number of hydrogen-bond donors (Lipinski definition) is 1. The Morgan fingerprint density at radius 1 is 1.03 bits per heavy atom. The van der Waals surface area contributed by atoms with Crippen molar-refractivity contribution in [3.05, 3.63) is 82.6 Å². The summed E-state index contributed by atoms with van der Waals surface area (Å²) in [6.07, 6.45) is 2.32. The van der Waals surface area contributed by atoms with Crippen molar-refractivity contribution in [1.29, 1.82) is 0 Å². The Bertz CT molecular complexity index is 1230. The number of carbonyl (C=O) groups excluding carboxylic acids is 3. The summed E-state index contributed by atoms with van der Waals surface area (Å²) in [7, 11) is 0. The molecule has 1 atom stereocenters. The summed E-state index contributed by atoms with van der Waals surface area (Å²) in [6.45, 7) is 4.20. The van der Waals surface area contributed by atoms with Gasteiger partial charge < -0.3 is 4.42 Å². The molecule has 1 unspecified atom stereocenters. The van der Waals surface area contributed by atoms with E-state index in [0.717, 1.165) is 21.8 Å². The number of anilines is 1. The van der Waals surface area contributed by atoms with Crippen LogP contribution >= 0.6 is 23.4 Å². The van der Waals surface area contributed by atoms with Gasteiger partial charge in [-0.15, -0.1) is 0 Å². The molecule has 4 rings (SSSR count). The molecular formula is C25H21ClN2O4S. The first-order valence-corrected chi connectivity index (χ1v) is 11.6. The molecule has 33 heavy (non-hydrogen) atoms. The summed E-state index contributed by atoms with van der Waals surface area (Å²) < 4.78 is 5.76. The molecule has 6 nitrogen and oxygen atoms in total. The number of imide groups is 2. The maximum absolute atomic E-state index is 13.1. The first-order chi connectivity index (χ1) is 15.9. The fourth-order valence-electron chi connectivity index (χ4n) is 3.31. The van der Waals surface area contributed by atoms with Crippen molar-refractivity contribution in [2.24, 2.45) is 0 Å². The van der Waals surface area contributed by atoms with Crippen LogP contribution < -0.4 is 10.2 Å². The predicted molar refractivity (Wildman–Crippen MR) is 128 cm³/mol. The number of rotatable bonds is 6. The number of amides is 4. The molecule has 1 aromatic heterocycles. The highest BCUT2D eigenvalue weighted by Gasteiger charge is 2.37. The van der Waals surface area contributed by atoms with Gasteiger partial charge in [0.2, 0.25) is 0 Å². The van der Waals surface area contributed by atoms with E-state index in [2.05, 4.69) is 19.2 Å². The molecule has 2 aromatic carbocycles. The molecule has 3 aromatic rings. The maximum Gasteiger partial charge on any atom is 0.335 e. The van der Waals surface area contributed by atoms with Gasteiger partial charge >= 0.3 is 6.03 Å². The van der Waals surface area contributed by atoms with E-state index < -0.39 is 17.8 Å². The van der Waals surface area contributed by atoms with E-state index in [4.69, 9.17) is 16.0 Å². The Balaban J connectivity index is 1.56. The molecule has 4 amide bonds. The van der Waals surface area contributed by atoms with Crippen LogP contribution in [0, 0.1) is 0 Å². The van der Waals surface area contributed by atoms with Gasteiger partial charge in [-0.2, -0.15) is 0 Å². The van der Waals surface area contributed by atoms with Gasteiger partial charge in [-0.1, -0.05) is 49.3 Å². The third kappa shape index (κ3) is 5.05. The van der Waals surface area contributed by atoms with Crippen molar-refractivity contribution in [3.8, 4) is 0 Å². The van der Waals surface area contributed by atoms with Crippen LogP contribution in [0.4, 0.5) is 10.5 Å². The Morgan fingerprint density at radius 3 is 2.39 bits per heavy atom. The maximum atomic E-state index is 13.1. The number of halogens is 1. The highest BCUT2D eigenvalue weighted by Crippen LogP contribution is 2.31. The summed E-state index contributed by atoms with van der Waals surface area (Å²) in [4.78, 5) is 39.8. The minimum Gasteiger partial charge on any atom is -0.450 e. The molecule has 0 saturated carbocycles. The largest absolute Gasteiger partial charge is 0.450 e. The normalized spacial score (nSPS) is 16.3. The van der Waals surface area contributed by atoms with Crippen LogP contribution in [0.15, 0.2) is 80.6 Å². The Hall–Kier alpha value is -3.29. The zero-order chi connectivity index (χ0) is 23.5. The molecule has 1 saturated heterocycles. The molecule has 1 fully saturated rings. The van der Waals surface area contributed by atoms with Crippen LogP contribution in [0.25, 0.3) is 6.08 Å². The van der Waals surface area contributed by atoms with Crippen LogP contribution in [0.3, 0.4) is 0 Å². The highest BCUT2D eigenvalue weighted by molar-refractivity contribution is 7.99. The average Bonchev–Trinajstić information content (AvgIpc) is 3.25. The van der Waals surface area contributed by atoms with Crippen LogP contribution in [0.1, 0.15) is 37.5 Å². The van der Waals surface area contributed by atoms with Crippen molar-refractivity contribution < 1.29 is 18.8 Å². The molecule has 2 heterocycles. The lowest BCUT2D eigenvalue weighted by Crippen LogP contribution is -2.54. The van der Waals surface area contributed by atoms with Gasteiger partial charge in [0, 0.05) is 9.92 Å². The van der Waals surface area contributed by atoms with Crippen molar-refractivity contribution in [2.45, 2.75) is 36.2 Å². The summed E-state index contributed by atoms with van der Waals surface area (Å²) in [5.74, 6) is -0.781. The minimum atomic E-state index is -0.781. The molecule has 1 N–H and O–H groups in total. The van der Waals surface area contributed by atoms with Gasteiger partial charge in [0.05, 0.1) is 5.69 Å². The van der Waals surface area contributed by atoms with Crippen LogP contribution in [0.2, 0.25) is 5.02 Å². The number of carbonyl (C=O) groups is 3. The van der Waals surface area contributed by atoms with Crippen molar-refractivity contribution in [2.75, 3.05) is 4.90 Å². The fraction of sp³-hybridized carbons (Fsp3) is 0.160. The zero-order valence-corrected chi connectivity index (χ0v) is 19.6. The van der Waals surface area contributed by atoms with Crippen LogP contribution in [-0.4, -0.2) is 17.8 Å². The van der Waals surface area contributed by atoms with E-state index in [1.807, 2.05) is 24.3 Å². The average molecular weight is 481 g/mol. The third-order valence-electron chi connectivity index (χ3n) is 5.36. The molecule has 168 valence electrons. The molecule has 8 heteroatoms. The van der Waals surface area contributed by atoms with E-state index in [1.54, 1.807) is 36.4 Å². The minimum absolute atomic E-state index is 0.182. The second-order valence-electron chi connectivity index (χ2n) is 7.57. The monoisotopic (exact) mass is 480 g/mol. The summed E-state index contributed by atoms with van der Waals surface area (Å²) in [6, 6.07) is 17.1. The predicted octanol–water partition coefficient (Wildman–Crippen LogP) is 6.26. The van der Waals surface area contributed by atoms with E-state index in [-0.39, 0.29) is 5.57 Å². The Kier molecular flexibility index (Phi) is 6.72. The number of furan rings is 1. The Labute approximate surface area is 200 Å². The molecular weight excluding hydrogens is 460 g/mol. The van der Waals surface area contributed by atoms with Gasteiger partial charge in [0.1, 0.15) is 11.3 Å². The molecule has 1 aliphatic heterocycles. The number of benzene rings is 2.